The molecule has 3 aliphatic rings. The Morgan fingerprint density at radius 3 is 1.00 bits per heavy atom. The predicted octanol–water partition coefficient (Wildman–Crippen LogP) is 6.12. The third kappa shape index (κ3) is 10.5. The summed E-state index contributed by atoms with van der Waals surface area (Å²) in [6, 6.07) is 13.7. The SMILES string of the molecule is O=C(O[C@H]1Cc2c(O)cc(O)cc2O[C@@H]1c1cc(O)c(O)c2c(=O)c(O)cc(C(=O)O[C@@H]3Cc4c(O)cc(O)cc4O[C@@H]3c3cc(O)c(=O)c4c(O)c(O)cc([C@H]5Oc6cc(O)cc(O)c6C[C@H]5OC(=O)c5cc(O)c(O)c(O)c5)c4c3)cc12)c1cc(O)c(O)c(O)c1. The molecule has 0 spiro atoms. The molecule has 29 heteroatoms. The standard InChI is InChI=1S/C64H46O29/c65-24-9-34(68)31-17-48(91-62(85)21-2-28-30(16-44(78)58(84)52(28)56(82)42(76)4-21)61-50(19-33-36(70)11-26(67)14-47(33)90-61)93-64(87)23-7-39(73)54(80)40(74)8-23)59(88-45(31)12-24)20-1-27-29(15-43(77)57(83)51(27)55(81)41(75)3-20)60-49(18-32-35(69)10-25(66)13-46(32)89-60)92-63(86)22-5-37(71)53(79)38(72)6-22/h1-16,48-50,59-61,65-74,77-80,83-84H,17-19H2,(H,75,81)(H,76,82)/t48-,49-,50+,59-,60-,61-/m1/s1. The van der Waals surface area contributed by atoms with Gasteiger partial charge in [0.2, 0.25) is 10.9 Å². The monoisotopic (exact) mass is 1280 g/mol. The number of phenolic OH excluding ortho intramolecular Hbond substituents is 16. The number of esters is 3. The number of ether oxygens (including phenoxy) is 6. The summed E-state index contributed by atoms with van der Waals surface area (Å²) in [5, 5.41) is 191. The quantitative estimate of drug-likeness (QED) is 0.0439. The minimum Gasteiger partial charge on any atom is -0.508 e. The maximum Gasteiger partial charge on any atom is 0.338 e. The minimum atomic E-state index is -1.86. The number of aromatic hydroxyl groups is 18. The van der Waals surface area contributed by atoms with Crippen molar-refractivity contribution < 1.29 is 135 Å². The molecule has 12 rings (SSSR count). The third-order valence-corrected chi connectivity index (χ3v) is 15.9. The summed E-state index contributed by atoms with van der Waals surface area (Å²) in [7, 11) is 0. The molecule has 0 saturated heterocycles. The molecule has 0 aliphatic carbocycles. The lowest BCUT2D eigenvalue weighted by atomic mass is 9.89. The molecule has 9 aromatic rings. The second kappa shape index (κ2) is 22.3. The van der Waals surface area contributed by atoms with Gasteiger partial charge in [0.15, 0.2) is 87.3 Å². The smallest absolute Gasteiger partial charge is 0.338 e. The topological polar surface area (TPSA) is 505 Å². The van der Waals surface area contributed by atoms with E-state index < -0.39 is 232 Å². The van der Waals surface area contributed by atoms with Gasteiger partial charge in [0.25, 0.3) is 0 Å². The second-order valence-electron chi connectivity index (χ2n) is 21.8. The van der Waals surface area contributed by atoms with Crippen molar-refractivity contribution in [2.24, 2.45) is 0 Å². The van der Waals surface area contributed by atoms with E-state index in [4.69, 9.17) is 28.4 Å². The number of carbonyl (C=O) groups is 3. The van der Waals surface area contributed by atoms with E-state index in [0.717, 1.165) is 91.0 Å². The maximum atomic E-state index is 15.1. The van der Waals surface area contributed by atoms with E-state index in [1.54, 1.807) is 0 Å². The van der Waals surface area contributed by atoms with Crippen molar-refractivity contribution >= 4 is 39.5 Å². The van der Waals surface area contributed by atoms with Crippen LogP contribution in [0.5, 0.6) is 121 Å². The number of carbonyl (C=O) groups excluding carboxylic acids is 3. The van der Waals surface area contributed by atoms with Crippen LogP contribution in [-0.2, 0) is 33.5 Å². The molecule has 9 aromatic carbocycles. The Kier molecular flexibility index (Phi) is 14.4. The lowest BCUT2D eigenvalue weighted by molar-refractivity contribution is -0.0193. The fourth-order valence-corrected chi connectivity index (χ4v) is 11.5. The van der Waals surface area contributed by atoms with Crippen LogP contribution in [0.4, 0.5) is 0 Å². The number of phenols is 16. The number of benzene rings is 7. The lowest BCUT2D eigenvalue weighted by Crippen LogP contribution is -2.35. The summed E-state index contributed by atoms with van der Waals surface area (Å²) in [5.41, 5.74) is -6.23. The van der Waals surface area contributed by atoms with E-state index in [2.05, 4.69) is 0 Å². The highest BCUT2D eigenvalue weighted by Crippen LogP contribution is 2.51. The van der Waals surface area contributed by atoms with Gasteiger partial charge in [0.05, 0.1) is 27.5 Å². The summed E-state index contributed by atoms with van der Waals surface area (Å²) < 4.78 is 36.6. The van der Waals surface area contributed by atoms with E-state index in [1.165, 1.54) is 0 Å². The first kappa shape index (κ1) is 60.3. The van der Waals surface area contributed by atoms with Crippen LogP contribution in [0, 0.1) is 0 Å². The van der Waals surface area contributed by atoms with Gasteiger partial charge in [-0.25, -0.2) is 14.4 Å². The van der Waals surface area contributed by atoms with Gasteiger partial charge in [-0.3, -0.25) is 9.59 Å². The van der Waals surface area contributed by atoms with Crippen LogP contribution in [0.25, 0.3) is 21.5 Å². The van der Waals surface area contributed by atoms with Gasteiger partial charge in [-0.15, -0.1) is 0 Å². The Morgan fingerprint density at radius 2 is 0.624 bits per heavy atom. The van der Waals surface area contributed by atoms with Crippen LogP contribution in [0.1, 0.15) is 82.8 Å². The number of rotatable bonds is 9. The van der Waals surface area contributed by atoms with Crippen molar-refractivity contribution in [3.8, 4) is 121 Å². The molecule has 93 heavy (non-hydrogen) atoms. The highest BCUT2D eigenvalue weighted by atomic mass is 16.6. The molecule has 0 aromatic heterocycles. The third-order valence-electron chi connectivity index (χ3n) is 15.9. The normalized spacial score (nSPS) is 17.9. The molecule has 3 aliphatic heterocycles. The molecular weight excluding hydrogens is 1230 g/mol. The van der Waals surface area contributed by atoms with Gasteiger partial charge in [-0.2, -0.15) is 0 Å². The Bertz CT molecular complexity index is 4840. The van der Waals surface area contributed by atoms with Gasteiger partial charge in [0.1, 0.15) is 70.1 Å². The first-order valence-electron chi connectivity index (χ1n) is 27.3. The van der Waals surface area contributed by atoms with Crippen LogP contribution in [0.2, 0.25) is 0 Å². The van der Waals surface area contributed by atoms with Gasteiger partial charge < -0.3 is 120 Å². The molecule has 6 atom stereocenters. The number of fused-ring (bicyclic) bond motifs is 5. The number of hydrogen-bond donors (Lipinski definition) is 18. The first-order valence-corrected chi connectivity index (χ1v) is 27.3. The van der Waals surface area contributed by atoms with Crippen molar-refractivity contribution in [1.82, 2.24) is 0 Å². The highest BCUT2D eigenvalue weighted by Gasteiger charge is 2.43. The van der Waals surface area contributed by atoms with E-state index in [9.17, 15) is 111 Å². The summed E-state index contributed by atoms with van der Waals surface area (Å²) in [4.78, 5) is 71.4. The van der Waals surface area contributed by atoms with Crippen molar-refractivity contribution in [3.63, 3.8) is 0 Å². The zero-order valence-corrected chi connectivity index (χ0v) is 46.9. The van der Waals surface area contributed by atoms with Crippen molar-refractivity contribution in [2.75, 3.05) is 0 Å². The van der Waals surface area contributed by atoms with E-state index in [0.29, 0.717) is 6.07 Å². The van der Waals surface area contributed by atoms with Crippen LogP contribution < -0.4 is 25.1 Å². The molecule has 0 amide bonds. The van der Waals surface area contributed by atoms with Crippen molar-refractivity contribution in [1.29, 1.82) is 0 Å². The first-order chi connectivity index (χ1) is 44.0. The maximum absolute atomic E-state index is 15.1. The fraction of sp³-hybridized carbons (Fsp3) is 0.141. The zero-order chi connectivity index (χ0) is 66.7. The van der Waals surface area contributed by atoms with Gasteiger partial charge in [-0.1, -0.05) is 0 Å². The molecular formula is C64H46O29. The average Bonchev–Trinajstić information content (AvgIpc) is 1.75. The summed E-state index contributed by atoms with van der Waals surface area (Å²) in [6.07, 6.45) is -12.3. The van der Waals surface area contributed by atoms with Gasteiger partial charge in [-0.05, 0) is 71.4 Å². The second-order valence-corrected chi connectivity index (χ2v) is 21.8. The molecule has 18 N–H and O–H groups in total. The molecule has 0 radical (unpaired) electrons. The van der Waals surface area contributed by atoms with E-state index in [1.807, 2.05) is 0 Å². The van der Waals surface area contributed by atoms with Crippen LogP contribution >= 0.6 is 0 Å². The Hall–Kier alpha value is -13.0. The Balaban J connectivity index is 0.997. The Morgan fingerprint density at radius 1 is 0.323 bits per heavy atom. The van der Waals surface area contributed by atoms with Crippen LogP contribution in [-0.4, -0.2) is 128 Å². The van der Waals surface area contributed by atoms with Crippen LogP contribution in [0.15, 0.2) is 107 Å². The fourth-order valence-electron chi connectivity index (χ4n) is 11.5. The minimum absolute atomic E-state index is 0.0764. The average molecular weight is 1280 g/mol. The molecule has 29 nitrogen and oxygen atoms in total. The summed E-state index contributed by atoms with van der Waals surface area (Å²) >= 11 is 0. The van der Waals surface area contributed by atoms with Crippen molar-refractivity contribution in [2.45, 2.75) is 55.9 Å². The molecule has 0 unspecified atom stereocenters. The van der Waals surface area contributed by atoms with Gasteiger partial charge >= 0.3 is 17.9 Å². The van der Waals surface area contributed by atoms with Crippen LogP contribution in [0.3, 0.4) is 0 Å². The molecule has 3 heterocycles. The summed E-state index contributed by atoms with van der Waals surface area (Å²) in [5.74, 6) is -21.2. The summed E-state index contributed by atoms with van der Waals surface area (Å²) in [6.45, 7) is 0. The predicted molar refractivity (Wildman–Crippen MR) is 311 cm³/mol. The molecule has 0 bridgehead atoms. The van der Waals surface area contributed by atoms with E-state index in [-0.39, 0.29) is 45.1 Å². The molecule has 0 saturated carbocycles. The lowest BCUT2D eigenvalue weighted by Gasteiger charge is -2.35. The van der Waals surface area contributed by atoms with E-state index >= 15 is 4.79 Å². The highest BCUT2D eigenvalue weighted by molar-refractivity contribution is 6.00. The van der Waals surface area contributed by atoms with Crippen molar-refractivity contribution in [3.05, 3.63) is 168 Å². The molecule has 476 valence electrons. The molecule has 0 fully saturated rings. The Labute approximate surface area is 516 Å². The zero-order valence-electron chi connectivity index (χ0n) is 46.9. The largest absolute Gasteiger partial charge is 0.508 e. The number of hydrogen-bond acceptors (Lipinski definition) is 29. The van der Waals surface area contributed by atoms with Gasteiger partial charge in [0, 0.05) is 89.0 Å².